The molecule has 182 valence electrons. The predicted octanol–water partition coefficient (Wildman–Crippen LogP) is 5.48. The normalized spacial score (nSPS) is 10.0. The third kappa shape index (κ3) is 9.39. The molecule has 32 heavy (non-hydrogen) atoms. The summed E-state index contributed by atoms with van der Waals surface area (Å²) in [5, 5.41) is 13.4. The molecule has 0 amide bonds. The van der Waals surface area contributed by atoms with Gasteiger partial charge in [0.05, 0.1) is 34.2 Å². The molecule has 0 atom stereocenters. The Labute approximate surface area is 196 Å². The molecule has 0 saturated carbocycles. The van der Waals surface area contributed by atoms with Crippen molar-refractivity contribution in [3.63, 3.8) is 0 Å². The number of aryl methyl sites for hydroxylation is 6. The third-order valence-electron chi connectivity index (χ3n) is 4.45. The first-order chi connectivity index (χ1) is 15.2. The van der Waals surface area contributed by atoms with Gasteiger partial charge in [-0.05, 0) is 39.0 Å². The monoisotopic (exact) mass is 445 g/mol. The Balaban J connectivity index is 0.00000124. The fraction of sp³-hybridized carbons (Fsp3) is 0.640. The maximum Gasteiger partial charge on any atom is 0.0597 e. The lowest BCUT2D eigenvalue weighted by Gasteiger charge is -2.22. The van der Waals surface area contributed by atoms with Gasteiger partial charge in [-0.3, -0.25) is 18.9 Å². The van der Waals surface area contributed by atoms with Crippen molar-refractivity contribution in [3.05, 3.63) is 52.4 Å². The van der Waals surface area contributed by atoms with Gasteiger partial charge in [-0.1, -0.05) is 48.0 Å². The maximum atomic E-state index is 4.48. The first-order valence-electron chi connectivity index (χ1n) is 11.9. The van der Waals surface area contributed by atoms with Crippen molar-refractivity contribution in [3.8, 4) is 0 Å². The van der Waals surface area contributed by atoms with Gasteiger partial charge in [0.25, 0.3) is 0 Å². The number of rotatable bonds is 6. The van der Waals surface area contributed by atoms with E-state index in [0.29, 0.717) is 0 Å². The van der Waals surface area contributed by atoms with E-state index in [0.717, 1.165) is 36.7 Å². The molecule has 3 aromatic rings. The zero-order valence-electron chi connectivity index (χ0n) is 22.7. The van der Waals surface area contributed by atoms with Crippen LogP contribution in [0.3, 0.4) is 0 Å². The highest BCUT2D eigenvalue weighted by atomic mass is 15.3. The summed E-state index contributed by atoms with van der Waals surface area (Å²) < 4.78 is 5.89. The minimum absolute atomic E-state index is 0.825. The number of hydrogen-bond donors (Lipinski definition) is 0. The highest BCUT2D eigenvalue weighted by Gasteiger charge is 2.15. The first kappa shape index (κ1) is 29.6. The molecular formula is C25H47N7. The lowest BCUT2D eigenvalue weighted by atomic mass is 10.2. The van der Waals surface area contributed by atoms with Crippen LogP contribution >= 0.6 is 0 Å². The van der Waals surface area contributed by atoms with Crippen LogP contribution in [0.4, 0.5) is 0 Å². The Hall–Kier alpha value is -2.41. The summed E-state index contributed by atoms with van der Waals surface area (Å²) in [5.41, 5.74) is 6.75. The Morgan fingerprint density at radius 1 is 0.594 bits per heavy atom. The smallest absolute Gasteiger partial charge is 0.0597 e. The Kier molecular flexibility index (Phi) is 14.2. The van der Waals surface area contributed by atoms with Gasteiger partial charge in [0.1, 0.15) is 0 Å². The molecule has 0 aliphatic rings. The largest absolute Gasteiger partial charge is 0.286 e. The second-order valence-corrected chi connectivity index (χ2v) is 7.55. The van der Waals surface area contributed by atoms with Crippen molar-refractivity contribution in [2.24, 2.45) is 21.1 Å². The van der Waals surface area contributed by atoms with Crippen LogP contribution in [0.1, 0.15) is 82.1 Å². The van der Waals surface area contributed by atoms with Gasteiger partial charge in [-0.25, -0.2) is 0 Å². The highest BCUT2D eigenvalue weighted by Crippen LogP contribution is 2.15. The zero-order valence-corrected chi connectivity index (χ0v) is 22.7. The molecule has 0 N–H and O–H groups in total. The van der Waals surface area contributed by atoms with Crippen LogP contribution in [0.15, 0.2) is 18.2 Å². The van der Waals surface area contributed by atoms with Gasteiger partial charge in [0, 0.05) is 40.8 Å². The van der Waals surface area contributed by atoms with E-state index in [1.165, 1.54) is 23.5 Å². The molecule has 0 aliphatic carbocycles. The summed E-state index contributed by atoms with van der Waals surface area (Å²) >= 11 is 0. The van der Waals surface area contributed by atoms with E-state index in [9.17, 15) is 0 Å². The lowest BCUT2D eigenvalue weighted by Crippen LogP contribution is -2.26. The lowest BCUT2D eigenvalue weighted by molar-refractivity contribution is 0.228. The summed E-state index contributed by atoms with van der Waals surface area (Å²) in [4.78, 5) is 2.41. The number of aromatic nitrogens is 6. The van der Waals surface area contributed by atoms with Crippen molar-refractivity contribution in [2.75, 3.05) is 0 Å². The van der Waals surface area contributed by atoms with E-state index in [-0.39, 0.29) is 0 Å². The van der Waals surface area contributed by atoms with Crippen molar-refractivity contribution < 1.29 is 0 Å². The van der Waals surface area contributed by atoms with E-state index >= 15 is 0 Å². The Morgan fingerprint density at radius 3 is 0.969 bits per heavy atom. The third-order valence-corrected chi connectivity index (χ3v) is 4.45. The average molecular weight is 446 g/mol. The first-order valence-corrected chi connectivity index (χ1v) is 11.9. The molecule has 7 nitrogen and oxygen atoms in total. The molecule has 0 spiro atoms. The van der Waals surface area contributed by atoms with Crippen molar-refractivity contribution in [2.45, 2.75) is 88.4 Å². The fourth-order valence-corrected chi connectivity index (χ4v) is 3.29. The summed E-state index contributed by atoms with van der Waals surface area (Å²) in [6.45, 7) is 20.8. The van der Waals surface area contributed by atoms with Crippen molar-refractivity contribution in [1.29, 1.82) is 0 Å². The van der Waals surface area contributed by atoms with Crippen LogP contribution in [0.5, 0.6) is 0 Å². The minimum atomic E-state index is 0.825. The molecule has 3 aromatic heterocycles. The second kappa shape index (κ2) is 15.4. The maximum absolute atomic E-state index is 4.48. The molecule has 0 saturated heterocycles. The Morgan fingerprint density at radius 2 is 0.812 bits per heavy atom. The summed E-state index contributed by atoms with van der Waals surface area (Å²) in [6.07, 6.45) is 1.25. The van der Waals surface area contributed by atoms with Crippen LogP contribution in [0, 0.1) is 20.8 Å². The summed E-state index contributed by atoms with van der Waals surface area (Å²) in [6, 6.07) is 6.45. The van der Waals surface area contributed by atoms with Gasteiger partial charge in [-0.15, -0.1) is 0 Å². The summed E-state index contributed by atoms with van der Waals surface area (Å²) in [5.74, 6) is 0. The average Bonchev–Trinajstić information content (AvgIpc) is 3.35. The zero-order chi connectivity index (χ0) is 24.8. The van der Waals surface area contributed by atoms with Crippen LogP contribution in [0.25, 0.3) is 0 Å². The van der Waals surface area contributed by atoms with Gasteiger partial charge in [0.15, 0.2) is 0 Å². The van der Waals surface area contributed by atoms with Crippen LogP contribution in [-0.4, -0.2) is 34.2 Å². The van der Waals surface area contributed by atoms with Crippen LogP contribution in [-0.2, 0) is 40.8 Å². The Bertz CT molecular complexity index is 772. The van der Waals surface area contributed by atoms with Crippen molar-refractivity contribution >= 4 is 0 Å². The topological polar surface area (TPSA) is 56.7 Å². The molecule has 0 unspecified atom stereocenters. The predicted molar refractivity (Wildman–Crippen MR) is 135 cm³/mol. The van der Waals surface area contributed by atoms with Crippen molar-refractivity contribution in [1.82, 2.24) is 34.2 Å². The van der Waals surface area contributed by atoms with Gasteiger partial charge in [-0.2, -0.15) is 15.3 Å². The fourth-order valence-electron chi connectivity index (χ4n) is 3.29. The summed E-state index contributed by atoms with van der Waals surface area (Å²) in [7, 11) is 6.01. The molecule has 0 aromatic carbocycles. The van der Waals surface area contributed by atoms with E-state index in [1.54, 1.807) is 0 Å². The molecule has 3 heterocycles. The molecule has 0 bridgehead atoms. The molecule has 0 aliphatic heterocycles. The second-order valence-electron chi connectivity index (χ2n) is 7.55. The highest BCUT2D eigenvalue weighted by molar-refractivity contribution is 5.13. The molecular weight excluding hydrogens is 398 g/mol. The van der Waals surface area contributed by atoms with Gasteiger partial charge < -0.3 is 0 Å². The van der Waals surface area contributed by atoms with E-state index in [1.807, 2.05) is 83.7 Å². The number of hydrogen-bond acceptors (Lipinski definition) is 4. The van der Waals surface area contributed by atoms with E-state index in [4.69, 9.17) is 0 Å². The minimum Gasteiger partial charge on any atom is -0.286 e. The van der Waals surface area contributed by atoms with Crippen LogP contribution < -0.4 is 0 Å². The molecule has 7 heteroatoms. The molecule has 0 radical (unpaired) electrons. The van der Waals surface area contributed by atoms with E-state index in [2.05, 4.69) is 52.2 Å². The van der Waals surface area contributed by atoms with E-state index < -0.39 is 0 Å². The molecule has 0 fully saturated rings. The molecule has 3 rings (SSSR count). The standard InChI is InChI=1S/C18H27N7.C3H8.2C2H6/c1-13-7-16(22(4)19-13)10-25(11-17-8-14(2)20-23(17)5)12-18-9-15(3)21-24(18)6;1-3-2;2*1-2/h7-9H,10-12H2,1-6H3;3H2,1-2H3;2*1-2H3. The SMILES string of the molecule is CC.CC.CCC.Cc1cc(CN(Cc2cc(C)nn2C)Cc2cc(C)nn2C)n(C)n1. The number of nitrogens with zero attached hydrogens (tertiary/aromatic N) is 7. The van der Waals surface area contributed by atoms with Crippen LogP contribution in [0.2, 0.25) is 0 Å². The van der Waals surface area contributed by atoms with Gasteiger partial charge in [0.2, 0.25) is 0 Å². The quantitative estimate of drug-likeness (QED) is 0.504. The van der Waals surface area contributed by atoms with Gasteiger partial charge >= 0.3 is 0 Å².